The first-order chi connectivity index (χ1) is 25.5. The van der Waals surface area contributed by atoms with Gasteiger partial charge in [0, 0.05) is 48.9 Å². The molecule has 3 heterocycles. The Morgan fingerprint density at radius 2 is 2.06 bits per heavy atom. The first-order valence-corrected chi connectivity index (χ1v) is 20.8. The third-order valence-corrected chi connectivity index (χ3v) is 13.5. The topological polar surface area (TPSA) is 124 Å². The average Bonchev–Trinajstić information content (AvgIpc) is 3.43. The minimum Gasteiger partial charge on any atom is -0.490 e. The number of fused-ring (bicyclic) bond motifs is 4. The summed E-state index contributed by atoms with van der Waals surface area (Å²) in [6.45, 7) is 6.71. The predicted octanol–water partition coefficient (Wildman–Crippen LogP) is 6.93. The van der Waals surface area contributed by atoms with E-state index in [4.69, 9.17) is 25.8 Å². The Labute approximate surface area is 317 Å². The van der Waals surface area contributed by atoms with Crippen LogP contribution in [0.5, 0.6) is 11.6 Å². The lowest BCUT2D eigenvalue weighted by molar-refractivity contribution is -0.0138. The second-order valence-corrected chi connectivity index (χ2v) is 17.7. The molecule has 2 bridgehead atoms. The number of aromatic nitrogens is 2. The van der Waals surface area contributed by atoms with Crippen LogP contribution in [0.15, 0.2) is 59.1 Å². The smallest absolute Gasteiger partial charge is 0.286 e. The molecule has 0 radical (unpaired) electrons. The number of carbonyl (C=O) groups is 2. The van der Waals surface area contributed by atoms with Crippen LogP contribution < -0.4 is 19.1 Å². The second-order valence-electron chi connectivity index (χ2n) is 15.3. The van der Waals surface area contributed by atoms with Gasteiger partial charge in [0.2, 0.25) is 5.88 Å². The third kappa shape index (κ3) is 7.86. The van der Waals surface area contributed by atoms with E-state index in [1.54, 1.807) is 13.1 Å². The lowest BCUT2D eigenvalue weighted by Crippen LogP contribution is -2.49. The van der Waals surface area contributed by atoms with Crippen molar-refractivity contribution in [1.82, 2.24) is 14.5 Å². The predicted molar refractivity (Wildman–Crippen MR) is 206 cm³/mol. The summed E-state index contributed by atoms with van der Waals surface area (Å²) in [5, 5.41) is 4.90. The average molecular weight is 764 g/mol. The zero-order valence-corrected chi connectivity index (χ0v) is 32.6. The third-order valence-electron chi connectivity index (χ3n) is 11.2. The quantitative estimate of drug-likeness (QED) is 0.269. The van der Waals surface area contributed by atoms with Crippen molar-refractivity contribution in [3.63, 3.8) is 0 Å². The van der Waals surface area contributed by atoms with Gasteiger partial charge in [-0.3, -0.25) is 19.0 Å². The normalized spacial score (nSPS) is 29.1. The van der Waals surface area contributed by atoms with Crippen LogP contribution in [0.25, 0.3) is 0 Å². The standard InChI is InChI=1S/C40H50ClN5O6S/c1-5-18-51-35-10-6-8-26(2)23-53(49,44-38(48)32-22-45(3)42-39(32)50-4)43-37(47)28-12-16-36-34(20-28)46(21-29-11-14-31(29)35)24-40(25-52-36)17-7-9-27-19-30(41)13-15-33(27)40/h6,10,12-13,15-16,19-20,22,26,29,31,35H,5,7-9,11,14,17-18,21,23-25H2,1-4H3,(H,43,44,47,48,49)/b10-6+/t26-,29-,31+,35-,40-,53?/m0/s1. The van der Waals surface area contributed by atoms with Gasteiger partial charge in [-0.1, -0.05) is 43.7 Å². The fourth-order valence-electron chi connectivity index (χ4n) is 8.52. The molecule has 1 aromatic heterocycles. The highest BCUT2D eigenvalue weighted by atomic mass is 35.5. The van der Waals surface area contributed by atoms with Gasteiger partial charge in [-0.05, 0) is 104 Å². The SMILES string of the molecule is CCCO[C@H]1/C=C/C[C@H](C)CS(=O)(NC(=O)c2cn(C)nc2OC)=NC(=O)c2ccc3c(c2)N(C[C@@H]2CC[C@H]21)C[C@@]1(CCCc2cc(Cl)ccc21)CO3. The number of benzene rings is 2. The van der Waals surface area contributed by atoms with Crippen LogP contribution >= 0.6 is 11.6 Å². The van der Waals surface area contributed by atoms with Crippen LogP contribution in [0.1, 0.15) is 84.2 Å². The Kier molecular flexibility index (Phi) is 10.9. The Bertz CT molecular complexity index is 2020. The number of nitrogens with zero attached hydrogens (tertiary/aromatic N) is 4. The van der Waals surface area contributed by atoms with Crippen molar-refractivity contribution in [3.05, 3.63) is 82.0 Å². The van der Waals surface area contributed by atoms with E-state index in [2.05, 4.69) is 50.3 Å². The number of allylic oxidation sites excluding steroid dienone is 1. The van der Waals surface area contributed by atoms with Crippen molar-refractivity contribution in [2.75, 3.05) is 44.1 Å². The molecule has 2 aromatic carbocycles. The molecule has 11 nitrogen and oxygen atoms in total. The second kappa shape index (κ2) is 15.5. The maximum absolute atomic E-state index is 14.7. The molecular weight excluding hydrogens is 714 g/mol. The maximum atomic E-state index is 14.7. The lowest BCUT2D eigenvalue weighted by atomic mass is 9.68. The molecule has 6 atom stereocenters. The fraction of sp³-hybridized carbons (Fsp3) is 0.525. The van der Waals surface area contributed by atoms with Crippen molar-refractivity contribution >= 4 is 39.0 Å². The molecule has 1 spiro atoms. The molecule has 1 N–H and O–H groups in total. The molecule has 53 heavy (non-hydrogen) atoms. The van der Waals surface area contributed by atoms with E-state index in [1.807, 2.05) is 25.1 Å². The van der Waals surface area contributed by atoms with Crippen LogP contribution in [0.2, 0.25) is 5.02 Å². The van der Waals surface area contributed by atoms with E-state index < -0.39 is 21.7 Å². The van der Waals surface area contributed by atoms with Crippen molar-refractivity contribution < 1.29 is 28.0 Å². The number of hydrogen-bond donors (Lipinski definition) is 1. The Hall–Kier alpha value is -3.87. The maximum Gasteiger partial charge on any atom is 0.286 e. The lowest BCUT2D eigenvalue weighted by Gasteiger charge is -2.46. The number of ether oxygens (including phenoxy) is 3. The van der Waals surface area contributed by atoms with Crippen LogP contribution in [0, 0.1) is 17.8 Å². The summed E-state index contributed by atoms with van der Waals surface area (Å²) in [6.07, 6.45) is 12.3. The molecule has 13 heteroatoms. The van der Waals surface area contributed by atoms with Crippen LogP contribution in [0.4, 0.5) is 5.69 Å². The van der Waals surface area contributed by atoms with E-state index >= 15 is 0 Å². The number of amides is 2. The van der Waals surface area contributed by atoms with Crippen molar-refractivity contribution in [2.45, 2.75) is 70.3 Å². The fourth-order valence-corrected chi connectivity index (χ4v) is 10.6. The van der Waals surface area contributed by atoms with Gasteiger partial charge in [0.25, 0.3) is 11.8 Å². The molecule has 2 aliphatic heterocycles. The van der Waals surface area contributed by atoms with Gasteiger partial charge < -0.3 is 19.1 Å². The summed E-state index contributed by atoms with van der Waals surface area (Å²) in [7, 11) is -0.533. The van der Waals surface area contributed by atoms with Crippen LogP contribution in [0.3, 0.4) is 0 Å². The van der Waals surface area contributed by atoms with Gasteiger partial charge in [0.05, 0.1) is 31.3 Å². The minimum absolute atomic E-state index is 0.0317. The Morgan fingerprint density at radius 3 is 2.83 bits per heavy atom. The van der Waals surface area contributed by atoms with Crippen molar-refractivity contribution in [2.24, 2.45) is 29.2 Å². The van der Waals surface area contributed by atoms with E-state index in [0.717, 1.165) is 55.8 Å². The zero-order valence-electron chi connectivity index (χ0n) is 31.0. The summed E-state index contributed by atoms with van der Waals surface area (Å²) >= 11 is 6.48. The summed E-state index contributed by atoms with van der Waals surface area (Å²) in [6, 6.07) is 11.6. The Morgan fingerprint density at radius 1 is 1.21 bits per heavy atom. The van der Waals surface area contributed by atoms with E-state index in [0.29, 0.717) is 43.8 Å². The van der Waals surface area contributed by atoms with E-state index in [1.165, 1.54) is 29.1 Å². The molecule has 7 rings (SSSR count). The number of anilines is 1. The first kappa shape index (κ1) is 37.4. The highest BCUT2D eigenvalue weighted by molar-refractivity contribution is 7.92. The van der Waals surface area contributed by atoms with Gasteiger partial charge in [-0.25, -0.2) is 4.21 Å². The summed E-state index contributed by atoms with van der Waals surface area (Å²) in [5.74, 6) is -0.0645. The minimum atomic E-state index is -3.60. The number of rotatable bonds is 6. The molecule has 0 saturated heterocycles. The number of methoxy groups -OCH3 is 1. The highest BCUT2D eigenvalue weighted by Gasteiger charge is 2.44. The van der Waals surface area contributed by atoms with Gasteiger partial charge in [0.15, 0.2) is 0 Å². The van der Waals surface area contributed by atoms with Crippen LogP contribution in [-0.4, -0.2) is 71.1 Å². The number of hydrogen-bond acceptors (Lipinski definition) is 8. The summed E-state index contributed by atoms with van der Waals surface area (Å²) in [5.41, 5.74) is 3.45. The van der Waals surface area contributed by atoms with Gasteiger partial charge in [0.1, 0.15) is 21.2 Å². The molecule has 2 aliphatic carbocycles. The number of nitrogens with one attached hydrogen (secondary N) is 1. The zero-order chi connectivity index (χ0) is 37.3. The monoisotopic (exact) mass is 763 g/mol. The summed E-state index contributed by atoms with van der Waals surface area (Å²) in [4.78, 5) is 30.0. The number of carbonyl (C=O) groups excluding carboxylic acids is 2. The molecule has 1 unspecified atom stereocenters. The van der Waals surface area contributed by atoms with Crippen LogP contribution in [-0.2, 0) is 33.5 Å². The molecule has 3 aromatic rings. The van der Waals surface area contributed by atoms with Crippen molar-refractivity contribution in [1.29, 1.82) is 0 Å². The molecule has 1 fully saturated rings. The van der Waals surface area contributed by atoms with Crippen molar-refractivity contribution in [3.8, 4) is 11.6 Å². The first-order valence-electron chi connectivity index (χ1n) is 18.8. The molecule has 284 valence electrons. The highest BCUT2D eigenvalue weighted by Crippen LogP contribution is 2.47. The Balaban J connectivity index is 1.31. The number of aryl methyl sites for hydroxylation is 2. The molecular formula is C40H50ClN5O6S. The molecule has 1 saturated carbocycles. The van der Waals surface area contributed by atoms with Gasteiger partial charge in [-0.15, -0.1) is 9.46 Å². The van der Waals surface area contributed by atoms with Gasteiger partial charge in [-0.2, -0.15) is 0 Å². The van der Waals surface area contributed by atoms with E-state index in [-0.39, 0.29) is 40.2 Å². The summed E-state index contributed by atoms with van der Waals surface area (Å²) < 4.78 is 41.4. The molecule has 2 amide bonds. The van der Waals surface area contributed by atoms with E-state index in [9.17, 15) is 13.8 Å². The molecule has 4 aliphatic rings. The number of halogens is 1. The van der Waals surface area contributed by atoms with Gasteiger partial charge >= 0.3 is 0 Å². The largest absolute Gasteiger partial charge is 0.490 e.